The van der Waals surface area contributed by atoms with Crippen LogP contribution in [0.5, 0.6) is 0 Å². The van der Waals surface area contributed by atoms with Crippen LogP contribution in [-0.2, 0) is 0 Å². The molecule has 0 radical (unpaired) electrons. The van der Waals surface area contributed by atoms with Crippen LogP contribution in [0.25, 0.3) is 21.5 Å². The third-order valence-electron chi connectivity index (χ3n) is 3.47. The van der Waals surface area contributed by atoms with Crippen LogP contribution in [0.3, 0.4) is 0 Å². The Kier molecular flexibility index (Phi) is 3.99. The number of nitrogens with zero attached hydrogens (tertiary/aromatic N) is 2. The Labute approximate surface area is 145 Å². The molecule has 4 nitrogen and oxygen atoms in total. The van der Waals surface area contributed by atoms with Crippen molar-refractivity contribution in [3.05, 3.63) is 72.0 Å². The lowest BCUT2D eigenvalue weighted by Crippen LogP contribution is -1.88. The summed E-state index contributed by atoms with van der Waals surface area (Å²) in [6, 6.07) is 14.4. The molecule has 2 aromatic carbocycles. The summed E-state index contributed by atoms with van der Waals surface area (Å²) >= 11 is 1.49. The zero-order chi connectivity index (χ0) is 17.2. The molecule has 4 rings (SSSR count). The Balaban J connectivity index is 1.49. The van der Waals surface area contributed by atoms with Gasteiger partial charge in [-0.3, -0.25) is 5.43 Å². The molecule has 0 aliphatic heterocycles. The summed E-state index contributed by atoms with van der Waals surface area (Å²) in [5.41, 5.74) is 3.94. The van der Waals surface area contributed by atoms with Gasteiger partial charge in [0.15, 0.2) is 0 Å². The van der Waals surface area contributed by atoms with Gasteiger partial charge in [0.1, 0.15) is 23.2 Å². The SMILES string of the molecule is Fc1ccc(-c2ccc(/C=N\Nc3nc4ccccc4s3)o2)c(F)c1. The second-order valence-corrected chi connectivity index (χ2v) is 6.21. The molecule has 1 N–H and O–H groups in total. The van der Waals surface area contributed by atoms with Crippen LogP contribution < -0.4 is 5.43 Å². The van der Waals surface area contributed by atoms with Gasteiger partial charge < -0.3 is 4.42 Å². The first-order valence-corrected chi connectivity index (χ1v) is 8.20. The molecular weight excluding hydrogens is 344 g/mol. The van der Waals surface area contributed by atoms with Gasteiger partial charge in [0.2, 0.25) is 5.13 Å². The third-order valence-corrected chi connectivity index (χ3v) is 4.41. The van der Waals surface area contributed by atoms with Gasteiger partial charge in [-0.2, -0.15) is 5.10 Å². The summed E-state index contributed by atoms with van der Waals surface area (Å²) in [7, 11) is 0. The molecule has 2 aromatic heterocycles. The van der Waals surface area contributed by atoms with Gasteiger partial charge in [0.05, 0.1) is 22.0 Å². The number of aromatic nitrogens is 1. The minimum Gasteiger partial charge on any atom is -0.455 e. The van der Waals surface area contributed by atoms with Crippen molar-refractivity contribution in [2.45, 2.75) is 0 Å². The van der Waals surface area contributed by atoms with E-state index in [1.165, 1.54) is 29.7 Å². The predicted octanol–water partition coefficient (Wildman–Crippen LogP) is 5.28. The summed E-state index contributed by atoms with van der Waals surface area (Å²) in [5, 5.41) is 4.74. The molecule has 0 bridgehead atoms. The van der Waals surface area contributed by atoms with Crippen molar-refractivity contribution in [1.29, 1.82) is 0 Å². The Bertz CT molecular complexity index is 1040. The number of furan rings is 1. The normalized spacial score (nSPS) is 11.4. The monoisotopic (exact) mass is 355 g/mol. The molecule has 7 heteroatoms. The minimum atomic E-state index is -0.676. The quantitative estimate of drug-likeness (QED) is 0.400. The van der Waals surface area contributed by atoms with Gasteiger partial charge in [0, 0.05) is 6.07 Å². The zero-order valence-electron chi connectivity index (χ0n) is 12.7. The number of fused-ring (bicyclic) bond motifs is 1. The smallest absolute Gasteiger partial charge is 0.204 e. The fraction of sp³-hybridized carbons (Fsp3) is 0. The number of hydrazone groups is 1. The van der Waals surface area contributed by atoms with E-state index < -0.39 is 11.6 Å². The number of anilines is 1. The van der Waals surface area contributed by atoms with E-state index in [1.54, 1.807) is 12.1 Å². The lowest BCUT2D eigenvalue weighted by Gasteiger charge is -1.98. The molecule has 0 unspecified atom stereocenters. The maximum atomic E-state index is 13.8. The number of nitrogens with one attached hydrogen (secondary N) is 1. The highest BCUT2D eigenvalue weighted by Gasteiger charge is 2.10. The van der Waals surface area contributed by atoms with Crippen LogP contribution in [0.15, 0.2) is 64.1 Å². The van der Waals surface area contributed by atoms with E-state index in [0.29, 0.717) is 16.7 Å². The molecule has 4 aromatic rings. The molecule has 25 heavy (non-hydrogen) atoms. The summed E-state index contributed by atoms with van der Waals surface area (Å²) in [6.07, 6.45) is 1.47. The van der Waals surface area contributed by atoms with Crippen molar-refractivity contribution < 1.29 is 13.2 Å². The predicted molar refractivity (Wildman–Crippen MR) is 94.9 cm³/mol. The average Bonchev–Trinajstić information content (AvgIpc) is 3.21. The Hall–Kier alpha value is -3.06. The molecule has 124 valence electrons. The molecule has 0 atom stereocenters. The van der Waals surface area contributed by atoms with Gasteiger partial charge in [-0.05, 0) is 36.4 Å². The van der Waals surface area contributed by atoms with Crippen LogP contribution >= 0.6 is 11.3 Å². The standard InChI is InChI=1S/C18H11F2N3OS/c19-11-5-7-13(14(20)9-11)16-8-6-12(24-16)10-21-23-18-22-15-3-1-2-4-17(15)25-18/h1-10H,(H,22,23)/b21-10-. The van der Waals surface area contributed by atoms with E-state index >= 15 is 0 Å². The molecule has 0 aliphatic carbocycles. The molecule has 0 amide bonds. The second kappa shape index (κ2) is 6.45. The fourth-order valence-corrected chi connectivity index (χ4v) is 3.14. The van der Waals surface area contributed by atoms with E-state index in [1.807, 2.05) is 24.3 Å². The van der Waals surface area contributed by atoms with Crippen molar-refractivity contribution in [3.8, 4) is 11.3 Å². The Morgan fingerprint density at radius 3 is 2.80 bits per heavy atom. The second-order valence-electron chi connectivity index (χ2n) is 5.18. The number of halogens is 2. The average molecular weight is 355 g/mol. The number of thiazole rings is 1. The summed E-state index contributed by atoms with van der Waals surface area (Å²) in [6.45, 7) is 0. The van der Waals surface area contributed by atoms with Crippen LogP contribution in [0.4, 0.5) is 13.9 Å². The zero-order valence-corrected chi connectivity index (χ0v) is 13.6. The number of hydrogen-bond donors (Lipinski definition) is 1. The Morgan fingerprint density at radius 1 is 1.08 bits per heavy atom. The van der Waals surface area contributed by atoms with Gasteiger partial charge in [-0.15, -0.1) is 0 Å². The summed E-state index contributed by atoms with van der Waals surface area (Å²) in [5.74, 6) is -0.564. The molecule has 0 aliphatic rings. The van der Waals surface area contributed by atoms with Crippen molar-refractivity contribution in [1.82, 2.24) is 4.98 Å². The number of hydrogen-bond acceptors (Lipinski definition) is 5. The minimum absolute atomic E-state index is 0.195. The first kappa shape index (κ1) is 15.5. The van der Waals surface area contributed by atoms with E-state index in [9.17, 15) is 8.78 Å². The highest BCUT2D eigenvalue weighted by molar-refractivity contribution is 7.22. The van der Waals surface area contributed by atoms with Gasteiger partial charge in [-0.1, -0.05) is 23.5 Å². The molecule has 0 saturated carbocycles. The van der Waals surface area contributed by atoms with E-state index in [-0.39, 0.29) is 5.56 Å². The highest BCUT2D eigenvalue weighted by Crippen LogP contribution is 2.26. The topological polar surface area (TPSA) is 50.4 Å². The molecular formula is C18H11F2N3OS. The van der Waals surface area contributed by atoms with E-state index in [2.05, 4.69) is 15.5 Å². The summed E-state index contributed by atoms with van der Waals surface area (Å²) in [4.78, 5) is 4.39. The summed E-state index contributed by atoms with van der Waals surface area (Å²) < 4.78 is 33.3. The maximum absolute atomic E-state index is 13.8. The van der Waals surface area contributed by atoms with Gasteiger partial charge >= 0.3 is 0 Å². The van der Waals surface area contributed by atoms with E-state index in [4.69, 9.17) is 4.42 Å². The van der Waals surface area contributed by atoms with Crippen molar-refractivity contribution in [3.63, 3.8) is 0 Å². The van der Waals surface area contributed by atoms with Crippen molar-refractivity contribution >= 4 is 32.9 Å². The first-order valence-electron chi connectivity index (χ1n) is 7.39. The van der Waals surface area contributed by atoms with Crippen LogP contribution in [0, 0.1) is 11.6 Å². The third kappa shape index (κ3) is 3.27. The van der Waals surface area contributed by atoms with Gasteiger partial charge in [-0.25, -0.2) is 13.8 Å². The van der Waals surface area contributed by atoms with Gasteiger partial charge in [0.25, 0.3) is 0 Å². The first-order chi connectivity index (χ1) is 12.2. The van der Waals surface area contributed by atoms with Crippen LogP contribution in [0.1, 0.15) is 5.76 Å². The lowest BCUT2D eigenvalue weighted by atomic mass is 10.1. The van der Waals surface area contributed by atoms with Crippen molar-refractivity contribution in [2.24, 2.45) is 5.10 Å². The van der Waals surface area contributed by atoms with Crippen LogP contribution in [0.2, 0.25) is 0 Å². The molecule has 0 fully saturated rings. The highest BCUT2D eigenvalue weighted by atomic mass is 32.1. The number of rotatable bonds is 4. The maximum Gasteiger partial charge on any atom is 0.204 e. The molecule has 0 spiro atoms. The van der Waals surface area contributed by atoms with Crippen molar-refractivity contribution in [2.75, 3.05) is 5.43 Å². The molecule has 2 heterocycles. The Morgan fingerprint density at radius 2 is 1.96 bits per heavy atom. The number of benzene rings is 2. The van der Waals surface area contributed by atoms with Crippen LogP contribution in [-0.4, -0.2) is 11.2 Å². The largest absolute Gasteiger partial charge is 0.455 e. The fourth-order valence-electron chi connectivity index (χ4n) is 2.33. The van der Waals surface area contributed by atoms with E-state index in [0.717, 1.165) is 16.3 Å². The molecule has 0 saturated heterocycles. The lowest BCUT2D eigenvalue weighted by molar-refractivity contribution is 0.556. The number of para-hydroxylation sites is 1.